The van der Waals surface area contributed by atoms with Crippen molar-refractivity contribution in [1.29, 1.82) is 0 Å². The average molecular weight is 269 g/mol. The molecule has 0 atom stereocenters. The van der Waals surface area contributed by atoms with Gasteiger partial charge in [-0.1, -0.05) is 6.07 Å². The molecule has 2 N–H and O–H groups in total. The highest BCUT2D eigenvalue weighted by molar-refractivity contribution is 5.38. The van der Waals surface area contributed by atoms with E-state index in [0.29, 0.717) is 0 Å². The number of benzene rings is 1. The van der Waals surface area contributed by atoms with Gasteiger partial charge in [0.25, 0.3) is 5.92 Å². The summed E-state index contributed by atoms with van der Waals surface area (Å²) in [6.07, 6.45) is -6.56. The largest absolute Gasteiger partial charge is 0.416 e. The fourth-order valence-electron chi connectivity index (χ4n) is 2.25. The summed E-state index contributed by atoms with van der Waals surface area (Å²) in [7, 11) is 0. The minimum atomic E-state index is -4.82. The topological polar surface area (TPSA) is 26.0 Å². The lowest BCUT2D eigenvalue weighted by Gasteiger charge is -2.45. The fourth-order valence-corrected chi connectivity index (χ4v) is 2.25. The van der Waals surface area contributed by atoms with Gasteiger partial charge < -0.3 is 5.73 Å². The molecule has 0 amide bonds. The van der Waals surface area contributed by atoms with Crippen LogP contribution in [0, 0.1) is 5.82 Å². The van der Waals surface area contributed by atoms with E-state index in [9.17, 15) is 26.3 Å². The SMILES string of the molecule is NC1(c2ccc(F)cc2C(F)(F)F)CC(F)(F)C1. The van der Waals surface area contributed by atoms with Crippen LogP contribution < -0.4 is 5.73 Å². The molecule has 1 aliphatic rings. The monoisotopic (exact) mass is 269 g/mol. The molecule has 1 aromatic carbocycles. The lowest BCUT2D eigenvalue weighted by Crippen LogP contribution is -2.56. The summed E-state index contributed by atoms with van der Waals surface area (Å²) in [6, 6.07) is 1.89. The summed E-state index contributed by atoms with van der Waals surface area (Å²) in [4.78, 5) is 0. The maximum Gasteiger partial charge on any atom is 0.416 e. The molecule has 1 aromatic rings. The van der Waals surface area contributed by atoms with Crippen molar-refractivity contribution in [2.45, 2.75) is 30.5 Å². The van der Waals surface area contributed by atoms with Gasteiger partial charge in [0.05, 0.1) is 11.1 Å². The molecule has 18 heavy (non-hydrogen) atoms. The first kappa shape index (κ1) is 13.2. The first-order valence-electron chi connectivity index (χ1n) is 5.07. The molecule has 1 nitrogen and oxygen atoms in total. The number of alkyl halides is 5. The normalized spacial score (nSPS) is 21.5. The van der Waals surface area contributed by atoms with E-state index in [1.54, 1.807) is 0 Å². The van der Waals surface area contributed by atoms with E-state index in [2.05, 4.69) is 0 Å². The van der Waals surface area contributed by atoms with Gasteiger partial charge in [-0.15, -0.1) is 0 Å². The van der Waals surface area contributed by atoms with E-state index in [4.69, 9.17) is 5.73 Å². The van der Waals surface area contributed by atoms with Gasteiger partial charge in [0.15, 0.2) is 0 Å². The fraction of sp³-hybridized carbons (Fsp3) is 0.455. The van der Waals surface area contributed by atoms with Gasteiger partial charge >= 0.3 is 6.18 Å². The number of rotatable bonds is 1. The van der Waals surface area contributed by atoms with Crippen LogP contribution in [0.2, 0.25) is 0 Å². The Morgan fingerprint density at radius 1 is 1.11 bits per heavy atom. The van der Waals surface area contributed by atoms with Crippen molar-refractivity contribution in [2.75, 3.05) is 0 Å². The second-order valence-corrected chi connectivity index (χ2v) is 4.55. The van der Waals surface area contributed by atoms with Crippen LogP contribution in [-0.2, 0) is 11.7 Å². The van der Waals surface area contributed by atoms with Crippen LogP contribution in [0.1, 0.15) is 24.0 Å². The lowest BCUT2D eigenvalue weighted by molar-refractivity contribution is -0.147. The summed E-state index contributed by atoms with van der Waals surface area (Å²) in [5.41, 5.74) is 2.02. The molecule has 7 heteroatoms. The molecule has 1 aliphatic carbocycles. The standard InChI is InChI=1S/C11H9F6N/c12-6-1-2-7(8(3-6)11(15,16)17)9(18)4-10(13,14)5-9/h1-3H,4-5,18H2. The van der Waals surface area contributed by atoms with Crippen molar-refractivity contribution in [3.63, 3.8) is 0 Å². The number of hydrogen-bond donors (Lipinski definition) is 1. The summed E-state index contributed by atoms with van der Waals surface area (Å²) in [5, 5.41) is 0. The molecule has 0 bridgehead atoms. The third-order valence-corrected chi connectivity index (χ3v) is 2.97. The van der Waals surface area contributed by atoms with Crippen molar-refractivity contribution < 1.29 is 26.3 Å². The van der Waals surface area contributed by atoms with Crippen molar-refractivity contribution in [3.05, 3.63) is 35.1 Å². The Morgan fingerprint density at radius 3 is 2.11 bits per heavy atom. The Kier molecular flexibility index (Phi) is 2.66. The Hall–Kier alpha value is -1.24. The van der Waals surface area contributed by atoms with Crippen LogP contribution in [0.15, 0.2) is 18.2 Å². The van der Waals surface area contributed by atoms with E-state index in [0.717, 1.165) is 12.1 Å². The first-order valence-corrected chi connectivity index (χ1v) is 5.07. The van der Waals surface area contributed by atoms with Crippen LogP contribution in [-0.4, -0.2) is 5.92 Å². The van der Waals surface area contributed by atoms with Crippen LogP contribution >= 0.6 is 0 Å². The van der Waals surface area contributed by atoms with Gasteiger partial charge in [-0.25, -0.2) is 13.2 Å². The molecule has 100 valence electrons. The number of hydrogen-bond acceptors (Lipinski definition) is 1. The minimum absolute atomic E-state index is 0.278. The Labute approximate surface area is 98.6 Å². The molecule has 0 aliphatic heterocycles. The molecule has 0 saturated heterocycles. The zero-order chi connectivity index (χ0) is 13.8. The second kappa shape index (κ2) is 3.63. The third kappa shape index (κ3) is 2.19. The number of halogens is 6. The van der Waals surface area contributed by atoms with Gasteiger partial charge in [0.2, 0.25) is 0 Å². The Balaban J connectivity index is 2.46. The van der Waals surface area contributed by atoms with Gasteiger partial charge in [-0.3, -0.25) is 0 Å². The maximum absolute atomic E-state index is 12.9. The highest BCUT2D eigenvalue weighted by Crippen LogP contribution is 2.52. The maximum atomic E-state index is 12.9. The van der Waals surface area contributed by atoms with E-state index in [1.807, 2.05) is 0 Å². The molecule has 1 fully saturated rings. The predicted octanol–water partition coefficient (Wildman–Crippen LogP) is 3.43. The number of nitrogens with two attached hydrogens (primary N) is 1. The molecular formula is C11H9F6N. The highest BCUT2D eigenvalue weighted by Gasteiger charge is 2.57. The summed E-state index contributed by atoms with van der Waals surface area (Å²) in [5.74, 6) is -4.15. The summed E-state index contributed by atoms with van der Waals surface area (Å²) in [6.45, 7) is 0. The summed E-state index contributed by atoms with van der Waals surface area (Å²) >= 11 is 0. The van der Waals surface area contributed by atoms with E-state index < -0.39 is 47.4 Å². The van der Waals surface area contributed by atoms with Crippen molar-refractivity contribution in [2.24, 2.45) is 5.73 Å². The van der Waals surface area contributed by atoms with Crippen LogP contribution in [0.3, 0.4) is 0 Å². The van der Waals surface area contributed by atoms with Crippen LogP contribution in [0.4, 0.5) is 26.3 Å². The van der Waals surface area contributed by atoms with Crippen molar-refractivity contribution >= 4 is 0 Å². The van der Waals surface area contributed by atoms with Gasteiger partial charge in [-0.2, -0.15) is 13.2 Å². The lowest BCUT2D eigenvalue weighted by atomic mass is 9.68. The second-order valence-electron chi connectivity index (χ2n) is 4.55. The molecule has 0 unspecified atom stereocenters. The van der Waals surface area contributed by atoms with Crippen molar-refractivity contribution in [1.82, 2.24) is 0 Å². The molecular weight excluding hydrogens is 260 g/mol. The molecule has 0 heterocycles. The van der Waals surface area contributed by atoms with Gasteiger partial charge in [0, 0.05) is 12.8 Å². The van der Waals surface area contributed by atoms with E-state index >= 15 is 0 Å². The minimum Gasteiger partial charge on any atom is -0.321 e. The first-order chi connectivity index (χ1) is 8.04. The zero-order valence-corrected chi connectivity index (χ0v) is 8.99. The van der Waals surface area contributed by atoms with Crippen LogP contribution in [0.25, 0.3) is 0 Å². The molecule has 0 radical (unpaired) electrons. The van der Waals surface area contributed by atoms with E-state index in [-0.39, 0.29) is 6.07 Å². The molecule has 1 saturated carbocycles. The smallest absolute Gasteiger partial charge is 0.321 e. The van der Waals surface area contributed by atoms with Gasteiger partial charge in [-0.05, 0) is 17.7 Å². The van der Waals surface area contributed by atoms with Gasteiger partial charge in [0.1, 0.15) is 5.82 Å². The van der Waals surface area contributed by atoms with Crippen LogP contribution in [0.5, 0.6) is 0 Å². The van der Waals surface area contributed by atoms with Crippen molar-refractivity contribution in [3.8, 4) is 0 Å². The third-order valence-electron chi connectivity index (χ3n) is 2.97. The molecule has 0 aromatic heterocycles. The Bertz CT molecular complexity index is 471. The zero-order valence-electron chi connectivity index (χ0n) is 8.99. The summed E-state index contributed by atoms with van der Waals surface area (Å²) < 4.78 is 76.5. The highest BCUT2D eigenvalue weighted by atomic mass is 19.4. The Morgan fingerprint density at radius 2 is 1.67 bits per heavy atom. The quantitative estimate of drug-likeness (QED) is 0.777. The molecule has 0 spiro atoms. The van der Waals surface area contributed by atoms with E-state index in [1.165, 1.54) is 0 Å². The molecule has 2 rings (SSSR count). The average Bonchev–Trinajstić information content (AvgIpc) is 2.12. The predicted molar refractivity (Wildman–Crippen MR) is 51.4 cm³/mol.